The number of sulfonamides is 1. The Morgan fingerprint density at radius 2 is 1.79 bits per heavy atom. The molecular weight excluding hydrogens is 326 g/mol. The Kier molecular flexibility index (Phi) is 4.23. The summed E-state index contributed by atoms with van der Waals surface area (Å²) in [5.41, 5.74) is 2.74. The third-order valence-electron chi connectivity index (χ3n) is 4.42. The number of amides is 1. The fraction of sp³-hybridized carbons (Fsp3) is 0.353. The molecule has 0 aliphatic carbocycles. The van der Waals surface area contributed by atoms with Crippen LogP contribution in [0.15, 0.2) is 41.3 Å². The summed E-state index contributed by atoms with van der Waals surface area (Å²) in [4.78, 5) is 11.3. The second-order valence-corrected chi connectivity index (χ2v) is 7.94. The molecule has 1 aliphatic heterocycles. The average molecular weight is 347 g/mol. The van der Waals surface area contributed by atoms with E-state index in [1.165, 1.54) is 23.4 Å². The molecular formula is C17H21N3O3S. The number of aromatic nitrogens is 1. The maximum absolute atomic E-state index is 13.0. The van der Waals surface area contributed by atoms with Crippen LogP contribution in [0, 0.1) is 6.92 Å². The molecule has 0 saturated heterocycles. The Bertz CT molecular complexity index is 869. The zero-order valence-corrected chi connectivity index (χ0v) is 14.8. The number of benzene rings is 1. The fourth-order valence-electron chi connectivity index (χ4n) is 3.18. The number of aryl methyl sites for hydroxylation is 1. The molecule has 1 aliphatic rings. The molecule has 128 valence electrons. The summed E-state index contributed by atoms with van der Waals surface area (Å²) in [5.74, 6) is -0.189. The summed E-state index contributed by atoms with van der Waals surface area (Å²) in [6.45, 7) is 6.45. The van der Waals surface area contributed by atoms with Gasteiger partial charge < -0.3 is 9.88 Å². The van der Waals surface area contributed by atoms with Crippen LogP contribution in [0.25, 0.3) is 0 Å². The van der Waals surface area contributed by atoms with Gasteiger partial charge >= 0.3 is 0 Å². The molecule has 2 heterocycles. The van der Waals surface area contributed by atoms with Crippen LogP contribution >= 0.6 is 0 Å². The first kappa shape index (κ1) is 16.7. The predicted molar refractivity (Wildman–Crippen MR) is 92.2 cm³/mol. The molecule has 0 spiro atoms. The van der Waals surface area contributed by atoms with E-state index in [1.807, 2.05) is 26.0 Å². The number of nitrogens with one attached hydrogen (secondary N) is 1. The van der Waals surface area contributed by atoms with E-state index in [4.69, 9.17) is 0 Å². The van der Waals surface area contributed by atoms with E-state index in [0.29, 0.717) is 18.8 Å². The normalized spacial score (nSPS) is 18.2. The Hall–Kier alpha value is -2.12. The van der Waals surface area contributed by atoms with E-state index in [-0.39, 0.29) is 16.8 Å². The second kappa shape index (κ2) is 6.07. The van der Waals surface area contributed by atoms with E-state index < -0.39 is 10.0 Å². The Labute approximate surface area is 142 Å². The first-order valence-corrected chi connectivity index (χ1v) is 9.30. The minimum absolute atomic E-state index is 0.189. The van der Waals surface area contributed by atoms with E-state index >= 15 is 0 Å². The molecule has 1 N–H and O–H groups in total. The van der Waals surface area contributed by atoms with Crippen LogP contribution in [0.5, 0.6) is 0 Å². The summed E-state index contributed by atoms with van der Waals surface area (Å²) in [6, 6.07) is 10.1. The van der Waals surface area contributed by atoms with Crippen molar-refractivity contribution in [2.75, 3.05) is 11.9 Å². The van der Waals surface area contributed by atoms with Crippen molar-refractivity contribution in [3.63, 3.8) is 0 Å². The highest BCUT2D eigenvalue weighted by Gasteiger charge is 2.34. The van der Waals surface area contributed by atoms with Gasteiger partial charge in [-0.1, -0.05) is 0 Å². The second-order valence-electron chi connectivity index (χ2n) is 6.05. The summed E-state index contributed by atoms with van der Waals surface area (Å²) < 4.78 is 29.7. The minimum atomic E-state index is -3.58. The molecule has 3 rings (SSSR count). The minimum Gasteiger partial charge on any atom is -0.346 e. The Balaban J connectivity index is 1.89. The number of nitrogens with zero attached hydrogens (tertiary/aromatic N) is 2. The largest absolute Gasteiger partial charge is 0.346 e. The SMILES string of the molecule is CC(=O)Nc1ccc(S(=O)(=O)N2CCn3c(C)ccc3[C@H]2C)cc1. The molecule has 1 aromatic heterocycles. The number of fused-ring (bicyclic) bond motifs is 1. The number of anilines is 1. The highest BCUT2D eigenvalue weighted by molar-refractivity contribution is 7.89. The van der Waals surface area contributed by atoms with Crippen molar-refractivity contribution < 1.29 is 13.2 Å². The van der Waals surface area contributed by atoms with E-state index in [2.05, 4.69) is 9.88 Å². The molecule has 1 atom stereocenters. The van der Waals surface area contributed by atoms with Crippen LogP contribution in [0.1, 0.15) is 31.3 Å². The number of hydrogen-bond acceptors (Lipinski definition) is 3. The van der Waals surface area contributed by atoms with Gasteiger partial charge in [0.25, 0.3) is 0 Å². The van der Waals surface area contributed by atoms with E-state index in [1.54, 1.807) is 12.1 Å². The van der Waals surface area contributed by atoms with Gasteiger partial charge in [0, 0.05) is 37.1 Å². The summed E-state index contributed by atoms with van der Waals surface area (Å²) in [5, 5.41) is 2.64. The standard InChI is InChI=1S/C17H21N3O3S/c1-12-4-9-17-13(2)20(11-10-19(12)17)24(22,23)16-7-5-15(6-8-16)18-14(3)21/h4-9,13H,10-11H2,1-3H3,(H,18,21)/t13-/m1/s1. The van der Waals surface area contributed by atoms with Gasteiger partial charge in [-0.15, -0.1) is 0 Å². The van der Waals surface area contributed by atoms with Crippen molar-refractivity contribution in [1.82, 2.24) is 8.87 Å². The zero-order valence-electron chi connectivity index (χ0n) is 14.0. The van der Waals surface area contributed by atoms with Gasteiger partial charge in [-0.3, -0.25) is 4.79 Å². The fourth-order valence-corrected chi connectivity index (χ4v) is 4.77. The predicted octanol–water partition coefficient (Wildman–Crippen LogP) is 2.52. The van der Waals surface area contributed by atoms with Crippen molar-refractivity contribution in [3.8, 4) is 0 Å². The Morgan fingerprint density at radius 1 is 1.12 bits per heavy atom. The van der Waals surface area contributed by atoms with Gasteiger partial charge in [0.05, 0.1) is 10.9 Å². The summed E-state index contributed by atoms with van der Waals surface area (Å²) in [7, 11) is -3.58. The molecule has 0 saturated carbocycles. The highest BCUT2D eigenvalue weighted by Crippen LogP contribution is 2.32. The number of carbonyl (C=O) groups excluding carboxylic acids is 1. The maximum atomic E-state index is 13.0. The molecule has 0 fully saturated rings. The van der Waals surface area contributed by atoms with Crippen LogP contribution < -0.4 is 5.32 Å². The molecule has 6 nitrogen and oxygen atoms in total. The third-order valence-corrected chi connectivity index (χ3v) is 6.40. The lowest BCUT2D eigenvalue weighted by Crippen LogP contribution is -2.40. The number of rotatable bonds is 3. The molecule has 1 amide bonds. The lowest BCUT2D eigenvalue weighted by molar-refractivity contribution is -0.114. The van der Waals surface area contributed by atoms with Crippen LogP contribution in [-0.4, -0.2) is 29.7 Å². The molecule has 0 bridgehead atoms. The van der Waals surface area contributed by atoms with Crippen LogP contribution in [0.4, 0.5) is 5.69 Å². The monoisotopic (exact) mass is 347 g/mol. The number of carbonyl (C=O) groups is 1. The summed E-state index contributed by atoms with van der Waals surface area (Å²) in [6.07, 6.45) is 0. The van der Waals surface area contributed by atoms with Gasteiger partial charge in [0.1, 0.15) is 0 Å². The average Bonchev–Trinajstić information content (AvgIpc) is 2.90. The Morgan fingerprint density at radius 3 is 2.42 bits per heavy atom. The smallest absolute Gasteiger partial charge is 0.243 e. The van der Waals surface area contributed by atoms with Crippen LogP contribution in [-0.2, 0) is 21.4 Å². The van der Waals surface area contributed by atoms with Crippen molar-refractivity contribution in [2.45, 2.75) is 38.3 Å². The van der Waals surface area contributed by atoms with Crippen molar-refractivity contribution in [3.05, 3.63) is 47.8 Å². The molecule has 0 unspecified atom stereocenters. The van der Waals surface area contributed by atoms with E-state index in [9.17, 15) is 13.2 Å². The molecule has 0 radical (unpaired) electrons. The van der Waals surface area contributed by atoms with Gasteiger partial charge in [-0.05, 0) is 50.2 Å². The molecule has 1 aromatic carbocycles. The van der Waals surface area contributed by atoms with Gasteiger partial charge in [0.2, 0.25) is 15.9 Å². The van der Waals surface area contributed by atoms with Crippen molar-refractivity contribution in [2.24, 2.45) is 0 Å². The zero-order chi connectivity index (χ0) is 17.5. The van der Waals surface area contributed by atoms with Gasteiger partial charge in [0.15, 0.2) is 0 Å². The van der Waals surface area contributed by atoms with Crippen molar-refractivity contribution >= 4 is 21.6 Å². The number of hydrogen-bond donors (Lipinski definition) is 1. The molecule has 2 aromatic rings. The first-order valence-electron chi connectivity index (χ1n) is 7.86. The lowest BCUT2D eigenvalue weighted by atomic mass is 10.2. The van der Waals surface area contributed by atoms with Crippen LogP contribution in [0.3, 0.4) is 0 Å². The van der Waals surface area contributed by atoms with Crippen LogP contribution in [0.2, 0.25) is 0 Å². The lowest BCUT2D eigenvalue weighted by Gasteiger charge is -2.34. The van der Waals surface area contributed by atoms with Crippen molar-refractivity contribution in [1.29, 1.82) is 0 Å². The quantitative estimate of drug-likeness (QED) is 0.927. The topological polar surface area (TPSA) is 71.4 Å². The third kappa shape index (κ3) is 2.85. The highest BCUT2D eigenvalue weighted by atomic mass is 32.2. The maximum Gasteiger partial charge on any atom is 0.243 e. The van der Waals surface area contributed by atoms with Gasteiger partial charge in [-0.2, -0.15) is 4.31 Å². The summed E-state index contributed by atoms with van der Waals surface area (Å²) >= 11 is 0. The van der Waals surface area contributed by atoms with E-state index in [0.717, 1.165) is 11.4 Å². The molecule has 7 heteroatoms. The first-order chi connectivity index (χ1) is 11.3. The molecule has 24 heavy (non-hydrogen) atoms. The van der Waals surface area contributed by atoms with Gasteiger partial charge in [-0.25, -0.2) is 8.42 Å².